The number of amides is 1. The van der Waals surface area contributed by atoms with Crippen molar-refractivity contribution in [2.45, 2.75) is 45.1 Å². The smallest absolute Gasteiger partial charge is 0.255 e. The van der Waals surface area contributed by atoms with Gasteiger partial charge in [-0.1, -0.05) is 39.0 Å². The summed E-state index contributed by atoms with van der Waals surface area (Å²) in [5, 5.41) is 0. The summed E-state index contributed by atoms with van der Waals surface area (Å²) >= 11 is 0. The Hall–Kier alpha value is -1.35. The number of hydrogen-bond donors (Lipinski definition) is 0. The SMILES string of the molecule is CN(C(=O)C1CCCO1)c1ccccc1C(C)(C)C. The van der Waals surface area contributed by atoms with Crippen LogP contribution in [0.5, 0.6) is 0 Å². The third-order valence-corrected chi connectivity index (χ3v) is 3.61. The molecule has 1 fully saturated rings. The number of para-hydroxylation sites is 1. The van der Waals surface area contributed by atoms with Crippen molar-refractivity contribution in [2.75, 3.05) is 18.6 Å². The molecular formula is C16H23NO2. The van der Waals surface area contributed by atoms with Gasteiger partial charge in [0.2, 0.25) is 0 Å². The van der Waals surface area contributed by atoms with E-state index >= 15 is 0 Å². The number of carbonyl (C=O) groups is 1. The maximum atomic E-state index is 12.4. The van der Waals surface area contributed by atoms with Gasteiger partial charge in [-0.25, -0.2) is 0 Å². The maximum absolute atomic E-state index is 12.4. The first-order chi connectivity index (χ1) is 8.91. The Labute approximate surface area is 115 Å². The predicted molar refractivity (Wildman–Crippen MR) is 77.5 cm³/mol. The normalized spacial score (nSPS) is 19.5. The third-order valence-electron chi connectivity index (χ3n) is 3.61. The van der Waals surface area contributed by atoms with Gasteiger partial charge in [0, 0.05) is 19.3 Å². The van der Waals surface area contributed by atoms with E-state index in [-0.39, 0.29) is 17.4 Å². The van der Waals surface area contributed by atoms with Crippen LogP contribution in [0.3, 0.4) is 0 Å². The highest BCUT2D eigenvalue weighted by Crippen LogP contribution is 2.32. The van der Waals surface area contributed by atoms with E-state index in [1.54, 1.807) is 4.90 Å². The Balaban J connectivity index is 2.28. The van der Waals surface area contributed by atoms with Crippen LogP contribution in [0.2, 0.25) is 0 Å². The Morgan fingerprint density at radius 1 is 1.32 bits per heavy atom. The van der Waals surface area contributed by atoms with Crippen molar-refractivity contribution in [1.29, 1.82) is 0 Å². The molecule has 19 heavy (non-hydrogen) atoms. The fourth-order valence-electron chi connectivity index (χ4n) is 2.51. The molecule has 1 aromatic carbocycles. The van der Waals surface area contributed by atoms with Gasteiger partial charge in [-0.2, -0.15) is 0 Å². The number of likely N-dealkylation sites (N-methyl/N-ethyl adjacent to an activating group) is 1. The van der Waals surface area contributed by atoms with Gasteiger partial charge in [-0.05, 0) is 29.9 Å². The minimum Gasteiger partial charge on any atom is -0.368 e. The van der Waals surface area contributed by atoms with Crippen LogP contribution in [-0.4, -0.2) is 25.7 Å². The molecule has 0 radical (unpaired) electrons. The number of rotatable bonds is 2. The van der Waals surface area contributed by atoms with Crippen molar-refractivity contribution in [2.24, 2.45) is 0 Å². The summed E-state index contributed by atoms with van der Waals surface area (Å²) in [4.78, 5) is 14.2. The minimum atomic E-state index is -0.266. The molecule has 104 valence electrons. The standard InChI is InChI=1S/C16H23NO2/c1-16(2,3)12-8-5-6-9-13(12)17(4)15(18)14-10-7-11-19-14/h5-6,8-9,14H,7,10-11H2,1-4H3. The summed E-state index contributed by atoms with van der Waals surface area (Å²) < 4.78 is 5.49. The van der Waals surface area contributed by atoms with Crippen molar-refractivity contribution in [3.8, 4) is 0 Å². The third kappa shape index (κ3) is 2.98. The maximum Gasteiger partial charge on any atom is 0.255 e. The molecule has 1 aromatic rings. The highest BCUT2D eigenvalue weighted by Gasteiger charge is 2.29. The lowest BCUT2D eigenvalue weighted by atomic mass is 9.85. The fraction of sp³-hybridized carbons (Fsp3) is 0.562. The molecule has 0 saturated carbocycles. The number of hydrogen-bond acceptors (Lipinski definition) is 2. The van der Waals surface area contributed by atoms with Crippen molar-refractivity contribution < 1.29 is 9.53 Å². The molecule has 0 N–H and O–H groups in total. The number of carbonyl (C=O) groups excluding carboxylic acids is 1. The molecule has 1 aliphatic rings. The van der Waals surface area contributed by atoms with Crippen LogP contribution in [0, 0.1) is 0 Å². The number of ether oxygens (including phenoxy) is 1. The van der Waals surface area contributed by atoms with E-state index < -0.39 is 0 Å². The summed E-state index contributed by atoms with van der Waals surface area (Å²) in [5.74, 6) is 0.0641. The summed E-state index contributed by atoms with van der Waals surface area (Å²) in [6.45, 7) is 7.19. The Kier molecular flexibility index (Phi) is 3.95. The molecule has 0 bridgehead atoms. The van der Waals surface area contributed by atoms with Crippen LogP contribution in [0.25, 0.3) is 0 Å². The summed E-state index contributed by atoms with van der Waals surface area (Å²) in [7, 11) is 1.84. The molecule has 1 heterocycles. The van der Waals surface area contributed by atoms with Crippen LogP contribution in [0.15, 0.2) is 24.3 Å². The second-order valence-corrected chi connectivity index (χ2v) is 6.17. The van der Waals surface area contributed by atoms with Gasteiger partial charge in [0.25, 0.3) is 5.91 Å². The zero-order valence-electron chi connectivity index (χ0n) is 12.3. The van der Waals surface area contributed by atoms with E-state index in [0.717, 1.165) is 18.5 Å². The minimum absolute atomic E-state index is 0.0155. The van der Waals surface area contributed by atoms with E-state index in [1.165, 1.54) is 5.56 Å². The number of anilines is 1. The molecule has 3 nitrogen and oxygen atoms in total. The fourth-order valence-corrected chi connectivity index (χ4v) is 2.51. The second-order valence-electron chi connectivity index (χ2n) is 6.17. The summed E-state index contributed by atoms with van der Waals surface area (Å²) in [5.41, 5.74) is 2.18. The number of nitrogens with zero attached hydrogens (tertiary/aromatic N) is 1. The van der Waals surface area contributed by atoms with Crippen molar-refractivity contribution in [1.82, 2.24) is 0 Å². The van der Waals surface area contributed by atoms with E-state index in [4.69, 9.17) is 4.74 Å². The van der Waals surface area contributed by atoms with Gasteiger partial charge in [0.05, 0.1) is 0 Å². The van der Waals surface area contributed by atoms with E-state index in [0.29, 0.717) is 6.61 Å². The Bertz CT molecular complexity index is 456. The number of benzene rings is 1. The second kappa shape index (κ2) is 5.33. The molecule has 1 saturated heterocycles. The quantitative estimate of drug-likeness (QED) is 0.818. The molecule has 0 spiro atoms. The van der Waals surface area contributed by atoms with Gasteiger partial charge in [0.1, 0.15) is 6.10 Å². The first-order valence-corrected chi connectivity index (χ1v) is 6.90. The van der Waals surface area contributed by atoms with Crippen molar-refractivity contribution >= 4 is 11.6 Å². The zero-order valence-corrected chi connectivity index (χ0v) is 12.3. The lowest BCUT2D eigenvalue weighted by Gasteiger charge is -2.28. The molecule has 1 unspecified atom stereocenters. The average Bonchev–Trinajstić information content (AvgIpc) is 2.90. The molecule has 1 aliphatic heterocycles. The summed E-state index contributed by atoms with van der Waals surface area (Å²) in [6, 6.07) is 8.10. The zero-order chi connectivity index (χ0) is 14.0. The van der Waals surface area contributed by atoms with Gasteiger partial charge >= 0.3 is 0 Å². The largest absolute Gasteiger partial charge is 0.368 e. The van der Waals surface area contributed by atoms with Crippen LogP contribution in [0.1, 0.15) is 39.2 Å². The Morgan fingerprint density at radius 2 is 2.00 bits per heavy atom. The first kappa shape index (κ1) is 14.1. The van der Waals surface area contributed by atoms with Crippen LogP contribution < -0.4 is 4.90 Å². The van der Waals surface area contributed by atoms with Gasteiger partial charge in [-0.15, -0.1) is 0 Å². The van der Waals surface area contributed by atoms with E-state index in [1.807, 2.05) is 25.2 Å². The monoisotopic (exact) mass is 261 g/mol. The van der Waals surface area contributed by atoms with Gasteiger partial charge in [0.15, 0.2) is 0 Å². The molecule has 1 atom stereocenters. The van der Waals surface area contributed by atoms with Crippen LogP contribution in [0.4, 0.5) is 5.69 Å². The highest BCUT2D eigenvalue weighted by atomic mass is 16.5. The molecule has 0 aliphatic carbocycles. The first-order valence-electron chi connectivity index (χ1n) is 6.90. The summed E-state index contributed by atoms with van der Waals surface area (Å²) in [6.07, 6.45) is 1.55. The molecule has 0 aromatic heterocycles. The Morgan fingerprint density at radius 3 is 2.58 bits per heavy atom. The van der Waals surface area contributed by atoms with Crippen molar-refractivity contribution in [3.63, 3.8) is 0 Å². The topological polar surface area (TPSA) is 29.5 Å². The van der Waals surface area contributed by atoms with E-state index in [9.17, 15) is 4.79 Å². The molecular weight excluding hydrogens is 238 g/mol. The van der Waals surface area contributed by atoms with E-state index in [2.05, 4.69) is 26.8 Å². The average molecular weight is 261 g/mol. The van der Waals surface area contributed by atoms with Gasteiger partial charge < -0.3 is 9.64 Å². The predicted octanol–water partition coefficient (Wildman–Crippen LogP) is 3.13. The molecule has 3 heteroatoms. The van der Waals surface area contributed by atoms with Crippen LogP contribution >= 0.6 is 0 Å². The molecule has 2 rings (SSSR count). The highest BCUT2D eigenvalue weighted by molar-refractivity contribution is 5.97. The lowest BCUT2D eigenvalue weighted by Crippen LogP contribution is -2.37. The lowest BCUT2D eigenvalue weighted by molar-refractivity contribution is -0.127. The van der Waals surface area contributed by atoms with Crippen LogP contribution in [-0.2, 0) is 14.9 Å². The van der Waals surface area contributed by atoms with Crippen molar-refractivity contribution in [3.05, 3.63) is 29.8 Å². The van der Waals surface area contributed by atoms with Gasteiger partial charge in [-0.3, -0.25) is 4.79 Å². The molecule has 1 amide bonds.